The third kappa shape index (κ3) is 3.58. The van der Waals surface area contributed by atoms with Crippen molar-refractivity contribution in [2.24, 2.45) is 0 Å². The molecule has 4 heteroatoms. The van der Waals surface area contributed by atoms with E-state index in [9.17, 15) is 9.00 Å². The molecule has 0 aromatic heterocycles. The Labute approximate surface area is 127 Å². The zero-order valence-corrected chi connectivity index (χ0v) is 13.2. The molecule has 2 aromatic rings. The number of rotatable bonds is 5. The largest absolute Gasteiger partial charge is 0.496 e. The number of carbonyl (C=O) groups excluding carboxylic acids is 1. The predicted molar refractivity (Wildman–Crippen MR) is 84.5 cm³/mol. The molecule has 0 saturated heterocycles. The molecule has 0 aliphatic carbocycles. The van der Waals surface area contributed by atoms with Gasteiger partial charge in [0.2, 0.25) is 0 Å². The maximum absolute atomic E-state index is 12.4. The second-order valence-corrected chi connectivity index (χ2v) is 6.30. The third-order valence-corrected chi connectivity index (χ3v) is 4.73. The molecule has 0 heterocycles. The highest BCUT2D eigenvalue weighted by Gasteiger charge is 2.17. The molecule has 0 aliphatic heterocycles. The summed E-state index contributed by atoms with van der Waals surface area (Å²) < 4.78 is 17.6. The number of hydrogen-bond acceptors (Lipinski definition) is 3. The van der Waals surface area contributed by atoms with Crippen LogP contribution in [0, 0.1) is 13.8 Å². The number of ether oxygens (including phenoxy) is 1. The van der Waals surface area contributed by atoms with Gasteiger partial charge < -0.3 is 4.74 Å². The average Bonchev–Trinajstić information content (AvgIpc) is 2.47. The minimum atomic E-state index is -1.35. The van der Waals surface area contributed by atoms with Crippen molar-refractivity contribution in [2.45, 2.75) is 18.7 Å². The first-order valence-electron chi connectivity index (χ1n) is 6.64. The van der Waals surface area contributed by atoms with Crippen LogP contribution in [0.5, 0.6) is 5.75 Å². The molecule has 0 amide bonds. The van der Waals surface area contributed by atoms with E-state index in [1.54, 1.807) is 12.1 Å². The van der Waals surface area contributed by atoms with Crippen molar-refractivity contribution in [3.63, 3.8) is 0 Å². The van der Waals surface area contributed by atoms with Gasteiger partial charge in [-0.3, -0.25) is 9.00 Å². The fraction of sp³-hybridized carbons (Fsp3) is 0.235. The van der Waals surface area contributed by atoms with Crippen LogP contribution in [0.2, 0.25) is 0 Å². The number of benzene rings is 2. The Balaban J connectivity index is 2.23. The summed E-state index contributed by atoms with van der Waals surface area (Å²) in [6.45, 7) is 3.83. The van der Waals surface area contributed by atoms with Crippen molar-refractivity contribution in [2.75, 3.05) is 12.9 Å². The molecule has 1 atom stereocenters. The molecule has 110 valence electrons. The fourth-order valence-corrected chi connectivity index (χ4v) is 3.32. The van der Waals surface area contributed by atoms with Gasteiger partial charge in [0.1, 0.15) is 5.75 Å². The minimum absolute atomic E-state index is 0.0374. The van der Waals surface area contributed by atoms with Crippen LogP contribution in [0.1, 0.15) is 21.5 Å². The number of methoxy groups -OCH3 is 1. The van der Waals surface area contributed by atoms with E-state index in [2.05, 4.69) is 0 Å². The Morgan fingerprint density at radius 3 is 2.52 bits per heavy atom. The molecule has 21 heavy (non-hydrogen) atoms. The first-order chi connectivity index (χ1) is 10.0. The average molecular weight is 302 g/mol. The van der Waals surface area contributed by atoms with Gasteiger partial charge in [-0.15, -0.1) is 0 Å². The monoisotopic (exact) mass is 302 g/mol. The van der Waals surface area contributed by atoms with E-state index in [-0.39, 0.29) is 11.5 Å². The summed E-state index contributed by atoms with van der Waals surface area (Å²) in [6, 6.07) is 12.8. The van der Waals surface area contributed by atoms with E-state index in [0.29, 0.717) is 16.2 Å². The first-order valence-corrected chi connectivity index (χ1v) is 7.96. The Morgan fingerprint density at radius 1 is 1.14 bits per heavy atom. The van der Waals surface area contributed by atoms with Gasteiger partial charge in [-0.05, 0) is 43.2 Å². The van der Waals surface area contributed by atoms with Gasteiger partial charge in [0.25, 0.3) is 0 Å². The van der Waals surface area contributed by atoms with Crippen LogP contribution in [-0.2, 0) is 10.8 Å². The highest BCUT2D eigenvalue weighted by atomic mass is 32.2. The summed E-state index contributed by atoms with van der Waals surface area (Å²) in [5.41, 5.74) is 2.42. The minimum Gasteiger partial charge on any atom is -0.496 e. The van der Waals surface area contributed by atoms with Gasteiger partial charge in [0.05, 0.1) is 29.2 Å². The maximum atomic E-state index is 12.4. The van der Waals surface area contributed by atoms with E-state index in [4.69, 9.17) is 4.74 Å². The third-order valence-electron chi connectivity index (χ3n) is 3.26. The van der Waals surface area contributed by atoms with Gasteiger partial charge in [0.15, 0.2) is 5.78 Å². The van der Waals surface area contributed by atoms with Crippen LogP contribution < -0.4 is 4.74 Å². The summed E-state index contributed by atoms with van der Waals surface area (Å²) in [5.74, 6) is 0.319. The predicted octanol–water partition coefficient (Wildman–Crippen LogP) is 3.30. The van der Waals surface area contributed by atoms with E-state index < -0.39 is 10.8 Å². The van der Waals surface area contributed by atoms with Gasteiger partial charge in [0, 0.05) is 4.90 Å². The number of Topliss-reactive ketones (excluding diaryl/α,β-unsaturated/α-hetero) is 1. The van der Waals surface area contributed by atoms with Gasteiger partial charge in [-0.25, -0.2) is 0 Å². The second-order valence-electron chi connectivity index (χ2n) is 4.88. The Morgan fingerprint density at radius 2 is 1.86 bits per heavy atom. The lowest BCUT2D eigenvalue weighted by molar-refractivity contribution is 0.101. The Kier molecular flexibility index (Phi) is 4.91. The highest BCUT2D eigenvalue weighted by Crippen LogP contribution is 2.22. The molecule has 0 aliphatic rings. The standard InChI is InChI=1S/C17H18O3S/c1-12-8-9-14(16(10-12)20-3)15(18)11-21(19)17-7-5-4-6-13(17)2/h4-10H,11H2,1-3H3. The molecule has 0 spiro atoms. The summed E-state index contributed by atoms with van der Waals surface area (Å²) >= 11 is 0. The quantitative estimate of drug-likeness (QED) is 0.796. The van der Waals surface area contributed by atoms with Crippen LogP contribution >= 0.6 is 0 Å². The molecule has 3 nitrogen and oxygen atoms in total. The van der Waals surface area contributed by atoms with Crippen LogP contribution in [-0.4, -0.2) is 22.9 Å². The van der Waals surface area contributed by atoms with Crippen molar-refractivity contribution >= 4 is 16.6 Å². The van der Waals surface area contributed by atoms with Crippen LogP contribution in [0.4, 0.5) is 0 Å². The summed E-state index contributed by atoms with van der Waals surface area (Å²) in [4.78, 5) is 13.1. The van der Waals surface area contributed by atoms with Crippen LogP contribution in [0.25, 0.3) is 0 Å². The lowest BCUT2D eigenvalue weighted by Gasteiger charge is -2.09. The molecular weight excluding hydrogens is 284 g/mol. The van der Waals surface area contributed by atoms with Crippen molar-refractivity contribution in [1.29, 1.82) is 0 Å². The van der Waals surface area contributed by atoms with Gasteiger partial charge in [-0.1, -0.05) is 24.3 Å². The molecule has 0 fully saturated rings. The zero-order valence-electron chi connectivity index (χ0n) is 12.4. The lowest BCUT2D eigenvalue weighted by Crippen LogP contribution is -2.13. The molecule has 2 rings (SSSR count). The lowest BCUT2D eigenvalue weighted by atomic mass is 10.1. The molecule has 0 radical (unpaired) electrons. The Bertz CT molecular complexity index is 692. The topological polar surface area (TPSA) is 43.4 Å². The summed E-state index contributed by atoms with van der Waals surface area (Å²) in [7, 11) is 0.185. The molecule has 0 N–H and O–H groups in total. The molecule has 1 unspecified atom stereocenters. The van der Waals surface area contributed by atoms with Crippen molar-refractivity contribution in [3.8, 4) is 5.75 Å². The number of ketones is 1. The summed E-state index contributed by atoms with van der Waals surface area (Å²) in [5, 5.41) is 0. The van der Waals surface area contributed by atoms with Gasteiger partial charge >= 0.3 is 0 Å². The summed E-state index contributed by atoms with van der Waals surface area (Å²) in [6.07, 6.45) is 0. The molecule has 0 bridgehead atoms. The van der Waals surface area contributed by atoms with Crippen LogP contribution in [0.15, 0.2) is 47.4 Å². The van der Waals surface area contributed by atoms with Crippen LogP contribution in [0.3, 0.4) is 0 Å². The van der Waals surface area contributed by atoms with Gasteiger partial charge in [-0.2, -0.15) is 0 Å². The normalized spacial score (nSPS) is 12.0. The smallest absolute Gasteiger partial charge is 0.179 e. The number of hydrogen-bond donors (Lipinski definition) is 0. The second kappa shape index (κ2) is 6.68. The fourth-order valence-electron chi connectivity index (χ4n) is 2.12. The van der Waals surface area contributed by atoms with E-state index in [0.717, 1.165) is 11.1 Å². The molecule has 2 aromatic carbocycles. The molecule has 0 saturated carbocycles. The van der Waals surface area contributed by atoms with E-state index in [1.165, 1.54) is 7.11 Å². The first kappa shape index (κ1) is 15.4. The zero-order chi connectivity index (χ0) is 15.4. The SMILES string of the molecule is COc1cc(C)ccc1C(=O)CS(=O)c1ccccc1C. The Hall–Kier alpha value is -1.94. The number of carbonyl (C=O) groups is 1. The highest BCUT2D eigenvalue weighted by molar-refractivity contribution is 7.85. The number of aryl methyl sites for hydroxylation is 2. The van der Waals surface area contributed by atoms with E-state index >= 15 is 0 Å². The van der Waals surface area contributed by atoms with Crippen molar-refractivity contribution in [1.82, 2.24) is 0 Å². The van der Waals surface area contributed by atoms with E-state index in [1.807, 2.05) is 44.2 Å². The maximum Gasteiger partial charge on any atom is 0.179 e. The van der Waals surface area contributed by atoms with Crippen molar-refractivity contribution in [3.05, 3.63) is 59.2 Å². The van der Waals surface area contributed by atoms with Crippen molar-refractivity contribution < 1.29 is 13.7 Å². The molecular formula is C17H18O3S.